The highest BCUT2D eigenvalue weighted by molar-refractivity contribution is 4.83. The molecule has 100 valence electrons. The van der Waals surface area contributed by atoms with Crippen molar-refractivity contribution in [1.29, 1.82) is 0 Å². The van der Waals surface area contributed by atoms with Gasteiger partial charge in [-0.05, 0) is 38.6 Å². The van der Waals surface area contributed by atoms with Crippen LogP contribution in [0.5, 0.6) is 0 Å². The first-order valence-corrected chi connectivity index (χ1v) is 7.22. The van der Waals surface area contributed by atoms with Gasteiger partial charge in [0, 0.05) is 25.2 Å². The topological polar surface area (TPSA) is 24.5 Å². The van der Waals surface area contributed by atoms with Gasteiger partial charge in [0.05, 0.1) is 12.7 Å². The van der Waals surface area contributed by atoms with Gasteiger partial charge in [0.15, 0.2) is 0 Å². The van der Waals surface area contributed by atoms with E-state index in [0.29, 0.717) is 12.0 Å². The molecule has 0 aliphatic heterocycles. The molecule has 17 heavy (non-hydrogen) atoms. The molecule has 0 bridgehead atoms. The van der Waals surface area contributed by atoms with Crippen LogP contribution in [0.1, 0.15) is 39.5 Å². The Balaban J connectivity index is 1.58. The Morgan fingerprint density at radius 1 is 1.24 bits per heavy atom. The zero-order chi connectivity index (χ0) is 12.3. The summed E-state index contributed by atoms with van der Waals surface area (Å²) >= 11 is 0. The molecule has 0 heterocycles. The molecule has 0 aromatic carbocycles. The number of hydrogen-bond acceptors (Lipinski definition) is 3. The molecule has 1 unspecified atom stereocenters. The molecule has 0 aromatic heterocycles. The first-order valence-electron chi connectivity index (χ1n) is 7.22. The predicted molar refractivity (Wildman–Crippen MR) is 71.3 cm³/mol. The van der Waals surface area contributed by atoms with E-state index in [1.165, 1.54) is 25.7 Å². The minimum atomic E-state index is 0.378. The van der Waals surface area contributed by atoms with E-state index in [1.54, 1.807) is 0 Å². The number of likely N-dealkylation sites (N-methyl/N-ethyl adjacent to an activating group) is 1. The van der Waals surface area contributed by atoms with Crippen LogP contribution >= 0.6 is 0 Å². The number of ether oxygens (including phenoxy) is 1. The fourth-order valence-electron chi connectivity index (χ4n) is 2.10. The third kappa shape index (κ3) is 4.94. The molecule has 0 spiro atoms. The van der Waals surface area contributed by atoms with Gasteiger partial charge in [0.2, 0.25) is 0 Å². The summed E-state index contributed by atoms with van der Waals surface area (Å²) in [4.78, 5) is 2.44. The summed E-state index contributed by atoms with van der Waals surface area (Å²) in [6.07, 6.45) is 5.86. The Morgan fingerprint density at radius 3 is 2.47 bits per heavy atom. The maximum Gasteiger partial charge on any atom is 0.0723 e. The second-order valence-corrected chi connectivity index (χ2v) is 6.05. The second kappa shape index (κ2) is 6.17. The average Bonchev–Trinajstić information content (AvgIpc) is 3.16. The molecular formula is C14H28N2O. The van der Waals surface area contributed by atoms with Gasteiger partial charge in [0.25, 0.3) is 0 Å². The van der Waals surface area contributed by atoms with Crippen LogP contribution in [0.3, 0.4) is 0 Å². The van der Waals surface area contributed by atoms with Gasteiger partial charge in [0.1, 0.15) is 0 Å². The monoisotopic (exact) mass is 240 g/mol. The molecule has 0 saturated heterocycles. The zero-order valence-corrected chi connectivity index (χ0v) is 11.6. The van der Waals surface area contributed by atoms with Crippen molar-refractivity contribution in [1.82, 2.24) is 10.2 Å². The first-order chi connectivity index (χ1) is 8.16. The molecule has 0 radical (unpaired) electrons. The highest BCUT2D eigenvalue weighted by Crippen LogP contribution is 2.25. The van der Waals surface area contributed by atoms with E-state index in [-0.39, 0.29) is 0 Å². The van der Waals surface area contributed by atoms with E-state index < -0.39 is 0 Å². The summed E-state index contributed by atoms with van der Waals surface area (Å²) in [6, 6.07) is 1.63. The molecule has 3 heteroatoms. The molecule has 0 aromatic rings. The molecule has 2 rings (SSSR count). The number of hydrogen-bond donors (Lipinski definition) is 1. The predicted octanol–water partition coefficient (Wildman–Crippen LogP) is 1.87. The summed E-state index contributed by atoms with van der Waals surface area (Å²) in [5.74, 6) is 0.604. The van der Waals surface area contributed by atoms with Crippen molar-refractivity contribution in [2.24, 2.45) is 5.92 Å². The van der Waals surface area contributed by atoms with Crippen LogP contribution in [0.15, 0.2) is 0 Å². The van der Waals surface area contributed by atoms with Gasteiger partial charge in [-0.3, -0.25) is 0 Å². The quantitative estimate of drug-likeness (QED) is 0.666. The highest BCUT2D eigenvalue weighted by atomic mass is 16.5. The van der Waals surface area contributed by atoms with Crippen LogP contribution in [-0.2, 0) is 4.74 Å². The van der Waals surface area contributed by atoms with Gasteiger partial charge >= 0.3 is 0 Å². The lowest BCUT2D eigenvalue weighted by atomic mass is 10.1. The summed E-state index contributed by atoms with van der Waals surface area (Å²) in [7, 11) is 2.22. The summed E-state index contributed by atoms with van der Waals surface area (Å²) < 4.78 is 6.03. The van der Waals surface area contributed by atoms with Gasteiger partial charge in [-0.2, -0.15) is 0 Å². The van der Waals surface area contributed by atoms with Crippen molar-refractivity contribution >= 4 is 0 Å². The SMILES string of the molecule is CC(C)C(CNC1CC1)OCCN(C)C1CC1. The lowest BCUT2D eigenvalue weighted by Crippen LogP contribution is -2.36. The van der Waals surface area contributed by atoms with Crippen LogP contribution < -0.4 is 5.32 Å². The Morgan fingerprint density at radius 2 is 1.94 bits per heavy atom. The normalized spacial score (nSPS) is 22.4. The standard InChI is InChI=1S/C14H28N2O/c1-11(2)14(10-15-12-4-5-12)17-9-8-16(3)13-6-7-13/h11-15H,4-10H2,1-3H3. The highest BCUT2D eigenvalue weighted by Gasteiger charge is 2.26. The third-order valence-corrected chi connectivity index (χ3v) is 3.87. The number of nitrogens with zero attached hydrogens (tertiary/aromatic N) is 1. The zero-order valence-electron chi connectivity index (χ0n) is 11.6. The fraction of sp³-hybridized carbons (Fsp3) is 1.00. The molecular weight excluding hydrogens is 212 g/mol. The van der Waals surface area contributed by atoms with Crippen molar-refractivity contribution in [2.45, 2.75) is 57.7 Å². The van der Waals surface area contributed by atoms with Crippen molar-refractivity contribution in [3.8, 4) is 0 Å². The average molecular weight is 240 g/mol. The van der Waals surface area contributed by atoms with E-state index in [1.807, 2.05) is 0 Å². The molecule has 1 N–H and O–H groups in total. The van der Waals surface area contributed by atoms with Crippen LogP contribution in [0.25, 0.3) is 0 Å². The van der Waals surface area contributed by atoms with Crippen LogP contribution in [0.4, 0.5) is 0 Å². The first kappa shape index (κ1) is 13.3. The summed E-state index contributed by atoms with van der Waals surface area (Å²) in [5, 5.41) is 3.57. The van der Waals surface area contributed by atoms with E-state index in [4.69, 9.17) is 4.74 Å². The van der Waals surface area contributed by atoms with E-state index >= 15 is 0 Å². The van der Waals surface area contributed by atoms with Crippen molar-refractivity contribution in [3.63, 3.8) is 0 Å². The Hall–Kier alpha value is -0.120. The molecule has 0 amide bonds. The molecule has 2 aliphatic carbocycles. The van der Waals surface area contributed by atoms with Crippen molar-refractivity contribution < 1.29 is 4.74 Å². The van der Waals surface area contributed by atoms with Gasteiger partial charge < -0.3 is 15.0 Å². The van der Waals surface area contributed by atoms with E-state index in [0.717, 1.165) is 31.8 Å². The van der Waals surface area contributed by atoms with Crippen LogP contribution in [0.2, 0.25) is 0 Å². The summed E-state index contributed by atoms with van der Waals surface area (Å²) in [5.41, 5.74) is 0. The number of rotatable bonds is 9. The van der Waals surface area contributed by atoms with Crippen molar-refractivity contribution in [3.05, 3.63) is 0 Å². The molecule has 1 atom stereocenters. The second-order valence-electron chi connectivity index (χ2n) is 6.05. The third-order valence-electron chi connectivity index (χ3n) is 3.87. The van der Waals surface area contributed by atoms with Gasteiger partial charge in [-0.25, -0.2) is 0 Å². The lowest BCUT2D eigenvalue weighted by Gasteiger charge is -2.24. The van der Waals surface area contributed by atoms with Crippen molar-refractivity contribution in [2.75, 3.05) is 26.7 Å². The summed E-state index contributed by atoms with van der Waals surface area (Å²) in [6.45, 7) is 7.49. The van der Waals surface area contributed by atoms with E-state index in [9.17, 15) is 0 Å². The molecule has 3 nitrogen and oxygen atoms in total. The maximum atomic E-state index is 6.03. The minimum absolute atomic E-state index is 0.378. The Labute approximate surface area is 106 Å². The lowest BCUT2D eigenvalue weighted by molar-refractivity contribution is 0.0129. The Bertz CT molecular complexity index is 224. The van der Waals surface area contributed by atoms with Gasteiger partial charge in [-0.1, -0.05) is 13.8 Å². The molecule has 2 fully saturated rings. The largest absolute Gasteiger partial charge is 0.375 e. The van der Waals surface area contributed by atoms with Crippen LogP contribution in [-0.4, -0.2) is 49.8 Å². The van der Waals surface area contributed by atoms with Crippen LogP contribution in [0, 0.1) is 5.92 Å². The molecule has 2 aliphatic rings. The smallest absolute Gasteiger partial charge is 0.0723 e. The Kier molecular flexibility index (Phi) is 4.83. The van der Waals surface area contributed by atoms with E-state index in [2.05, 4.69) is 31.1 Å². The minimum Gasteiger partial charge on any atom is -0.375 e. The molecule has 2 saturated carbocycles. The maximum absolute atomic E-state index is 6.03. The fourth-order valence-corrected chi connectivity index (χ4v) is 2.10. The van der Waals surface area contributed by atoms with Gasteiger partial charge in [-0.15, -0.1) is 0 Å². The number of nitrogens with one attached hydrogen (secondary N) is 1.